The van der Waals surface area contributed by atoms with Crippen LogP contribution in [0.4, 0.5) is 0 Å². The summed E-state index contributed by atoms with van der Waals surface area (Å²) in [6.45, 7) is 2.38. The maximum atomic E-state index is 6.06. The number of halogens is 1. The van der Waals surface area contributed by atoms with Crippen molar-refractivity contribution in [3.8, 4) is 0 Å². The first-order chi connectivity index (χ1) is 9.22. The lowest BCUT2D eigenvalue weighted by molar-refractivity contribution is 0.239. The minimum absolute atomic E-state index is 0.702. The van der Waals surface area contributed by atoms with Crippen LogP contribution in [-0.2, 0) is 0 Å². The van der Waals surface area contributed by atoms with E-state index in [4.69, 9.17) is 11.6 Å². The van der Waals surface area contributed by atoms with Crippen molar-refractivity contribution in [2.75, 3.05) is 0 Å². The molecule has 2 aliphatic carbocycles. The van der Waals surface area contributed by atoms with Gasteiger partial charge in [-0.1, -0.05) is 36.6 Å². The number of rotatable bonds is 4. The highest BCUT2D eigenvalue weighted by atomic mass is 35.5. The van der Waals surface area contributed by atoms with Crippen LogP contribution in [0.15, 0.2) is 24.3 Å². The molecule has 1 atom stereocenters. The Morgan fingerprint density at radius 2 is 1.95 bits per heavy atom. The highest BCUT2D eigenvalue weighted by Gasteiger charge is 2.32. The van der Waals surface area contributed by atoms with Crippen LogP contribution >= 0.6 is 11.6 Å². The number of nitrogens with one attached hydrogen (secondary N) is 1. The topological polar surface area (TPSA) is 12.0 Å². The van der Waals surface area contributed by atoms with Gasteiger partial charge in [-0.15, -0.1) is 0 Å². The van der Waals surface area contributed by atoms with Crippen LogP contribution in [0, 0.1) is 5.92 Å². The second-order valence-corrected chi connectivity index (χ2v) is 6.86. The number of hydrogen-bond donors (Lipinski definition) is 1. The summed E-state index contributed by atoms with van der Waals surface area (Å²) >= 11 is 6.06. The maximum absolute atomic E-state index is 6.06. The van der Waals surface area contributed by atoms with Crippen molar-refractivity contribution in [2.45, 2.75) is 63.5 Å². The molecule has 19 heavy (non-hydrogen) atoms. The quantitative estimate of drug-likeness (QED) is 0.837. The summed E-state index contributed by atoms with van der Waals surface area (Å²) in [6, 6.07) is 9.80. The SMILES string of the molecule is CC(NC1CC(c2cccc(Cl)c2)C1)C1CCCC1. The van der Waals surface area contributed by atoms with Crippen molar-refractivity contribution in [1.82, 2.24) is 5.32 Å². The van der Waals surface area contributed by atoms with Gasteiger partial charge in [0.05, 0.1) is 0 Å². The molecule has 0 amide bonds. The summed E-state index contributed by atoms with van der Waals surface area (Å²) in [5, 5.41) is 4.71. The average molecular weight is 278 g/mol. The van der Waals surface area contributed by atoms with Gasteiger partial charge in [0.2, 0.25) is 0 Å². The molecule has 0 radical (unpaired) electrons. The predicted octanol–water partition coefficient (Wildman–Crippen LogP) is 4.75. The van der Waals surface area contributed by atoms with Crippen molar-refractivity contribution in [2.24, 2.45) is 5.92 Å². The third-order valence-electron chi connectivity index (χ3n) is 5.06. The molecule has 0 aliphatic heterocycles. The zero-order valence-corrected chi connectivity index (χ0v) is 12.5. The minimum Gasteiger partial charge on any atom is -0.311 e. The highest BCUT2D eigenvalue weighted by molar-refractivity contribution is 6.30. The van der Waals surface area contributed by atoms with Crippen LogP contribution in [0.5, 0.6) is 0 Å². The van der Waals surface area contributed by atoms with Crippen LogP contribution in [0.3, 0.4) is 0 Å². The molecular weight excluding hydrogens is 254 g/mol. The first-order valence-electron chi connectivity index (χ1n) is 7.74. The average Bonchev–Trinajstić information content (AvgIpc) is 2.86. The van der Waals surface area contributed by atoms with Crippen molar-refractivity contribution in [1.29, 1.82) is 0 Å². The highest BCUT2D eigenvalue weighted by Crippen LogP contribution is 2.38. The van der Waals surface area contributed by atoms with E-state index >= 15 is 0 Å². The second kappa shape index (κ2) is 5.85. The van der Waals surface area contributed by atoms with E-state index in [9.17, 15) is 0 Å². The van der Waals surface area contributed by atoms with Gasteiger partial charge in [0.15, 0.2) is 0 Å². The molecule has 0 heterocycles. The Labute approximate surface area is 121 Å². The summed E-state index contributed by atoms with van der Waals surface area (Å²) in [7, 11) is 0. The van der Waals surface area contributed by atoms with Crippen LogP contribution in [-0.4, -0.2) is 12.1 Å². The number of benzene rings is 1. The maximum Gasteiger partial charge on any atom is 0.0408 e. The smallest absolute Gasteiger partial charge is 0.0408 e. The van der Waals surface area contributed by atoms with Crippen LogP contribution in [0.25, 0.3) is 0 Å². The van der Waals surface area contributed by atoms with E-state index in [0.717, 1.165) is 17.0 Å². The molecular formula is C17H24ClN. The van der Waals surface area contributed by atoms with Gasteiger partial charge in [0, 0.05) is 17.1 Å². The van der Waals surface area contributed by atoms with Gasteiger partial charge in [-0.05, 0) is 62.1 Å². The van der Waals surface area contributed by atoms with Crippen LogP contribution in [0.1, 0.15) is 56.9 Å². The van der Waals surface area contributed by atoms with E-state index in [1.807, 2.05) is 6.07 Å². The molecule has 1 N–H and O–H groups in total. The Morgan fingerprint density at radius 3 is 2.63 bits per heavy atom. The molecule has 1 aromatic rings. The van der Waals surface area contributed by atoms with Crippen LogP contribution in [0.2, 0.25) is 5.02 Å². The normalized spacial score (nSPS) is 29.2. The zero-order chi connectivity index (χ0) is 13.2. The van der Waals surface area contributed by atoms with Gasteiger partial charge in [0.1, 0.15) is 0 Å². The zero-order valence-electron chi connectivity index (χ0n) is 11.7. The molecule has 1 nitrogen and oxygen atoms in total. The summed E-state index contributed by atoms with van der Waals surface area (Å²) in [6.07, 6.45) is 8.28. The van der Waals surface area contributed by atoms with E-state index in [1.165, 1.54) is 44.1 Å². The first-order valence-corrected chi connectivity index (χ1v) is 8.11. The van der Waals surface area contributed by atoms with Crippen molar-refractivity contribution < 1.29 is 0 Å². The molecule has 2 fully saturated rings. The fraction of sp³-hybridized carbons (Fsp3) is 0.647. The van der Waals surface area contributed by atoms with Crippen molar-refractivity contribution in [3.63, 3.8) is 0 Å². The van der Waals surface area contributed by atoms with E-state index in [-0.39, 0.29) is 0 Å². The lowest BCUT2D eigenvalue weighted by Gasteiger charge is -2.39. The third kappa shape index (κ3) is 3.14. The molecule has 2 aliphatic rings. The lowest BCUT2D eigenvalue weighted by atomic mass is 9.75. The van der Waals surface area contributed by atoms with Crippen molar-refractivity contribution >= 4 is 11.6 Å². The Kier molecular flexibility index (Phi) is 4.14. The molecule has 104 valence electrons. The first kappa shape index (κ1) is 13.5. The minimum atomic E-state index is 0.702. The predicted molar refractivity (Wildman–Crippen MR) is 81.8 cm³/mol. The fourth-order valence-corrected chi connectivity index (χ4v) is 3.95. The van der Waals surface area contributed by atoms with Gasteiger partial charge < -0.3 is 5.32 Å². The van der Waals surface area contributed by atoms with Crippen LogP contribution < -0.4 is 5.32 Å². The Bertz CT molecular complexity index is 419. The largest absolute Gasteiger partial charge is 0.311 e. The Hall–Kier alpha value is -0.530. The van der Waals surface area contributed by atoms with E-state index in [2.05, 4.69) is 30.4 Å². The molecule has 0 saturated heterocycles. The van der Waals surface area contributed by atoms with Gasteiger partial charge in [-0.3, -0.25) is 0 Å². The van der Waals surface area contributed by atoms with Gasteiger partial charge in [-0.25, -0.2) is 0 Å². The summed E-state index contributed by atoms with van der Waals surface area (Å²) in [5.74, 6) is 1.64. The second-order valence-electron chi connectivity index (χ2n) is 6.42. The summed E-state index contributed by atoms with van der Waals surface area (Å²) in [5.41, 5.74) is 1.42. The molecule has 0 bridgehead atoms. The summed E-state index contributed by atoms with van der Waals surface area (Å²) < 4.78 is 0. The molecule has 0 aromatic heterocycles. The van der Waals surface area contributed by atoms with Crippen molar-refractivity contribution in [3.05, 3.63) is 34.9 Å². The Balaban J connectivity index is 1.47. The molecule has 3 rings (SSSR count). The molecule has 0 spiro atoms. The van der Waals surface area contributed by atoms with E-state index < -0.39 is 0 Å². The standard InChI is InChI=1S/C17H24ClN/c1-12(13-5-2-3-6-13)19-17-10-15(11-17)14-7-4-8-16(18)9-14/h4,7-9,12-13,15,17,19H,2-3,5-6,10-11H2,1H3. The van der Waals surface area contributed by atoms with Gasteiger partial charge >= 0.3 is 0 Å². The van der Waals surface area contributed by atoms with Gasteiger partial charge in [0.25, 0.3) is 0 Å². The molecule has 2 heteroatoms. The van der Waals surface area contributed by atoms with E-state index in [0.29, 0.717) is 12.0 Å². The van der Waals surface area contributed by atoms with Gasteiger partial charge in [-0.2, -0.15) is 0 Å². The molecule has 1 unspecified atom stereocenters. The summed E-state index contributed by atoms with van der Waals surface area (Å²) in [4.78, 5) is 0. The lowest BCUT2D eigenvalue weighted by Crippen LogP contribution is -2.46. The molecule has 2 saturated carbocycles. The number of hydrogen-bond acceptors (Lipinski definition) is 1. The monoisotopic (exact) mass is 277 g/mol. The third-order valence-corrected chi connectivity index (χ3v) is 5.30. The Morgan fingerprint density at radius 1 is 1.21 bits per heavy atom. The fourth-order valence-electron chi connectivity index (χ4n) is 3.75. The molecule has 1 aromatic carbocycles. The van der Waals surface area contributed by atoms with E-state index in [1.54, 1.807) is 0 Å².